The maximum absolute atomic E-state index is 12.6. The average Bonchev–Trinajstić information content (AvgIpc) is 2.55. The lowest BCUT2D eigenvalue weighted by atomic mass is 10.2. The summed E-state index contributed by atoms with van der Waals surface area (Å²) in [4.78, 5) is 14.0. The molecule has 0 saturated carbocycles. The molecule has 0 atom stereocenters. The molecule has 1 N–H and O–H groups in total. The first-order chi connectivity index (χ1) is 10.9. The Kier molecular flexibility index (Phi) is 8.45. The molecule has 24 heavy (non-hydrogen) atoms. The number of hydrogen-bond donors (Lipinski definition) is 1. The van der Waals surface area contributed by atoms with E-state index in [0.29, 0.717) is 37.6 Å². The molecule has 1 fully saturated rings. The zero-order chi connectivity index (χ0) is 16.9. The zero-order valence-corrected chi connectivity index (χ0v) is 16.0. The minimum Gasteiger partial charge on any atom is -0.340 e. The second-order valence-electron chi connectivity index (χ2n) is 5.45. The van der Waals surface area contributed by atoms with E-state index in [0.717, 1.165) is 13.0 Å². The van der Waals surface area contributed by atoms with Gasteiger partial charge in [0.15, 0.2) is 0 Å². The summed E-state index contributed by atoms with van der Waals surface area (Å²) >= 11 is 5.80. The molecule has 0 bridgehead atoms. The standard InChI is InChI=1S/C15H22ClN3O3S.ClH/c1-17-8-2-3-15(20)18-9-11-19(12-10-18)23(21,22)14-6-4-13(16)5-7-14;/h4-7,17H,2-3,8-12H2,1H3;1H. The van der Waals surface area contributed by atoms with E-state index in [1.165, 1.54) is 16.4 Å². The summed E-state index contributed by atoms with van der Waals surface area (Å²) in [7, 11) is -1.67. The fourth-order valence-electron chi connectivity index (χ4n) is 2.51. The molecule has 136 valence electrons. The Balaban J connectivity index is 0.00000288. The van der Waals surface area contributed by atoms with Crippen LogP contribution in [0, 0.1) is 0 Å². The normalized spacial score (nSPS) is 15.8. The Morgan fingerprint density at radius 3 is 2.29 bits per heavy atom. The molecule has 1 aliphatic heterocycles. The Morgan fingerprint density at radius 2 is 1.75 bits per heavy atom. The van der Waals surface area contributed by atoms with Crippen LogP contribution in [0.25, 0.3) is 0 Å². The Bertz CT molecular complexity index is 630. The molecule has 6 nitrogen and oxygen atoms in total. The molecule has 0 spiro atoms. The number of halogens is 2. The number of sulfonamides is 1. The summed E-state index contributed by atoms with van der Waals surface area (Å²) in [6, 6.07) is 6.14. The van der Waals surface area contributed by atoms with E-state index in [1.54, 1.807) is 17.0 Å². The largest absolute Gasteiger partial charge is 0.340 e. The molecule has 0 unspecified atom stereocenters. The number of amides is 1. The van der Waals surface area contributed by atoms with Gasteiger partial charge >= 0.3 is 0 Å². The number of nitrogens with one attached hydrogen (secondary N) is 1. The van der Waals surface area contributed by atoms with Crippen molar-refractivity contribution in [2.24, 2.45) is 0 Å². The molecule has 1 amide bonds. The smallest absolute Gasteiger partial charge is 0.243 e. The lowest BCUT2D eigenvalue weighted by Crippen LogP contribution is -2.50. The van der Waals surface area contributed by atoms with Crippen LogP contribution in [-0.2, 0) is 14.8 Å². The number of piperazine rings is 1. The van der Waals surface area contributed by atoms with Crippen molar-refractivity contribution in [3.8, 4) is 0 Å². The van der Waals surface area contributed by atoms with Crippen LogP contribution in [0.15, 0.2) is 29.2 Å². The van der Waals surface area contributed by atoms with Crippen LogP contribution in [-0.4, -0.2) is 63.3 Å². The monoisotopic (exact) mass is 395 g/mol. The van der Waals surface area contributed by atoms with Gasteiger partial charge in [-0.1, -0.05) is 11.6 Å². The van der Waals surface area contributed by atoms with Gasteiger partial charge in [-0.2, -0.15) is 4.31 Å². The molecule has 0 aromatic heterocycles. The van der Waals surface area contributed by atoms with Crippen LogP contribution < -0.4 is 5.32 Å². The topological polar surface area (TPSA) is 69.7 Å². The average molecular weight is 396 g/mol. The lowest BCUT2D eigenvalue weighted by Gasteiger charge is -2.34. The second-order valence-corrected chi connectivity index (χ2v) is 7.82. The number of carbonyl (C=O) groups is 1. The zero-order valence-electron chi connectivity index (χ0n) is 13.6. The van der Waals surface area contributed by atoms with Crippen molar-refractivity contribution in [1.82, 2.24) is 14.5 Å². The van der Waals surface area contributed by atoms with Gasteiger partial charge in [0.1, 0.15) is 0 Å². The van der Waals surface area contributed by atoms with E-state index >= 15 is 0 Å². The predicted molar refractivity (Wildman–Crippen MR) is 97.2 cm³/mol. The fourth-order valence-corrected chi connectivity index (χ4v) is 4.06. The third-order valence-corrected chi connectivity index (χ3v) is 6.03. The van der Waals surface area contributed by atoms with Gasteiger partial charge in [0, 0.05) is 37.6 Å². The Labute approximate surface area is 154 Å². The minimum absolute atomic E-state index is 0. The van der Waals surface area contributed by atoms with Crippen LogP contribution >= 0.6 is 24.0 Å². The van der Waals surface area contributed by atoms with E-state index in [4.69, 9.17) is 11.6 Å². The van der Waals surface area contributed by atoms with Gasteiger partial charge in [0.2, 0.25) is 15.9 Å². The van der Waals surface area contributed by atoms with Crippen molar-refractivity contribution in [1.29, 1.82) is 0 Å². The van der Waals surface area contributed by atoms with E-state index in [-0.39, 0.29) is 23.2 Å². The third-order valence-electron chi connectivity index (χ3n) is 3.86. The van der Waals surface area contributed by atoms with E-state index in [1.807, 2.05) is 7.05 Å². The first-order valence-corrected chi connectivity index (χ1v) is 9.45. The fraction of sp³-hybridized carbons (Fsp3) is 0.533. The highest BCUT2D eigenvalue weighted by atomic mass is 35.5. The third kappa shape index (κ3) is 5.32. The summed E-state index contributed by atoms with van der Waals surface area (Å²) in [5.74, 6) is 0.0868. The van der Waals surface area contributed by atoms with Gasteiger partial charge in [-0.05, 0) is 44.3 Å². The predicted octanol–water partition coefficient (Wildman–Crippen LogP) is 1.59. The molecule has 0 aliphatic carbocycles. The minimum atomic E-state index is -3.52. The SMILES string of the molecule is CNCCCC(=O)N1CCN(S(=O)(=O)c2ccc(Cl)cc2)CC1.Cl. The van der Waals surface area contributed by atoms with Crippen molar-refractivity contribution in [3.63, 3.8) is 0 Å². The highest BCUT2D eigenvalue weighted by Crippen LogP contribution is 2.20. The van der Waals surface area contributed by atoms with Gasteiger partial charge in [0.25, 0.3) is 0 Å². The van der Waals surface area contributed by atoms with Crippen molar-refractivity contribution in [3.05, 3.63) is 29.3 Å². The highest BCUT2D eigenvalue weighted by Gasteiger charge is 2.29. The van der Waals surface area contributed by atoms with Crippen molar-refractivity contribution in [2.75, 3.05) is 39.8 Å². The molecular weight excluding hydrogens is 373 g/mol. The van der Waals surface area contributed by atoms with Crippen molar-refractivity contribution in [2.45, 2.75) is 17.7 Å². The van der Waals surface area contributed by atoms with Gasteiger partial charge in [-0.25, -0.2) is 8.42 Å². The maximum atomic E-state index is 12.6. The molecule has 1 aromatic carbocycles. The summed E-state index contributed by atoms with van der Waals surface area (Å²) in [6.45, 7) is 2.32. The molecule has 1 heterocycles. The molecule has 2 rings (SSSR count). The molecule has 1 aliphatic rings. The number of nitrogens with zero attached hydrogens (tertiary/aromatic N) is 2. The van der Waals surface area contributed by atoms with E-state index in [9.17, 15) is 13.2 Å². The Hall–Kier alpha value is -0.860. The van der Waals surface area contributed by atoms with E-state index in [2.05, 4.69) is 5.32 Å². The van der Waals surface area contributed by atoms with Gasteiger partial charge in [0.05, 0.1) is 4.90 Å². The van der Waals surface area contributed by atoms with Gasteiger partial charge in [-0.15, -0.1) is 12.4 Å². The van der Waals surface area contributed by atoms with Crippen molar-refractivity contribution >= 4 is 39.9 Å². The molecular formula is C15H23Cl2N3O3S. The van der Waals surface area contributed by atoms with Crippen molar-refractivity contribution < 1.29 is 13.2 Å². The second kappa shape index (κ2) is 9.58. The summed E-state index contributed by atoms with van der Waals surface area (Å²) in [6.07, 6.45) is 1.28. The van der Waals surface area contributed by atoms with Crippen LogP contribution in [0.2, 0.25) is 5.02 Å². The summed E-state index contributed by atoms with van der Waals surface area (Å²) in [5.41, 5.74) is 0. The molecule has 1 saturated heterocycles. The highest BCUT2D eigenvalue weighted by molar-refractivity contribution is 7.89. The number of hydrogen-bond acceptors (Lipinski definition) is 4. The molecule has 1 aromatic rings. The van der Waals surface area contributed by atoms with Crippen LogP contribution in [0.1, 0.15) is 12.8 Å². The number of rotatable bonds is 6. The van der Waals surface area contributed by atoms with Crippen LogP contribution in [0.3, 0.4) is 0 Å². The molecule has 9 heteroatoms. The first kappa shape index (κ1) is 21.2. The first-order valence-electron chi connectivity index (χ1n) is 7.63. The van der Waals surface area contributed by atoms with E-state index < -0.39 is 10.0 Å². The maximum Gasteiger partial charge on any atom is 0.243 e. The quantitative estimate of drug-likeness (QED) is 0.742. The summed E-state index contributed by atoms with van der Waals surface area (Å²) < 4.78 is 26.5. The van der Waals surface area contributed by atoms with Gasteiger partial charge < -0.3 is 10.2 Å². The number of carbonyl (C=O) groups excluding carboxylic acids is 1. The number of benzene rings is 1. The van der Waals surface area contributed by atoms with Crippen LogP contribution in [0.4, 0.5) is 0 Å². The lowest BCUT2D eigenvalue weighted by molar-refractivity contribution is -0.132. The van der Waals surface area contributed by atoms with Crippen LogP contribution in [0.5, 0.6) is 0 Å². The Morgan fingerprint density at radius 1 is 1.17 bits per heavy atom. The molecule has 0 radical (unpaired) electrons. The van der Waals surface area contributed by atoms with Gasteiger partial charge in [-0.3, -0.25) is 4.79 Å². The summed E-state index contributed by atoms with van der Waals surface area (Å²) in [5, 5.41) is 3.51.